The predicted octanol–water partition coefficient (Wildman–Crippen LogP) is 0.841. The Morgan fingerprint density at radius 3 is 2.91 bits per heavy atom. The van der Waals surface area contributed by atoms with Crippen molar-refractivity contribution in [2.24, 2.45) is 4.99 Å². The Hall–Kier alpha value is -0.300. The van der Waals surface area contributed by atoms with Gasteiger partial charge in [-0.1, -0.05) is 0 Å². The molecule has 0 saturated carbocycles. The van der Waals surface area contributed by atoms with Gasteiger partial charge in [-0.25, -0.2) is 0 Å². The summed E-state index contributed by atoms with van der Waals surface area (Å²) in [6, 6.07) is 0. The summed E-state index contributed by atoms with van der Waals surface area (Å²) < 4.78 is 9.28. The fraction of sp³-hybridized carbons (Fsp3) is 0.500. The summed E-state index contributed by atoms with van der Waals surface area (Å²) in [5, 5.41) is 2.93. The van der Waals surface area contributed by atoms with Crippen molar-refractivity contribution in [1.82, 2.24) is 5.32 Å². The Labute approximate surface area is 78.8 Å². The second-order valence-electron chi connectivity index (χ2n) is 1.90. The molecule has 1 aliphatic rings. The van der Waals surface area contributed by atoms with Crippen LogP contribution in [0.4, 0.5) is 0 Å². The standard InChI is InChI=1S/C6H9IN2O2/c1-10-5-3-4-8-6(7,9-5)11-2/h3-4,8H,1-2H3. The number of methoxy groups -OCH3 is 2. The van der Waals surface area contributed by atoms with Crippen molar-refractivity contribution >= 4 is 28.5 Å². The van der Waals surface area contributed by atoms with Gasteiger partial charge in [0.1, 0.15) is 0 Å². The van der Waals surface area contributed by atoms with Gasteiger partial charge in [-0.05, 0) is 0 Å². The van der Waals surface area contributed by atoms with E-state index in [2.05, 4.69) is 10.3 Å². The lowest BCUT2D eigenvalue weighted by Gasteiger charge is -2.24. The molecule has 0 amide bonds. The van der Waals surface area contributed by atoms with Crippen molar-refractivity contribution in [3.63, 3.8) is 0 Å². The third kappa shape index (κ3) is 2.06. The monoisotopic (exact) mass is 268 g/mol. The molecule has 11 heavy (non-hydrogen) atoms. The first-order chi connectivity index (χ1) is 5.20. The van der Waals surface area contributed by atoms with E-state index in [1.807, 2.05) is 22.6 Å². The van der Waals surface area contributed by atoms with E-state index < -0.39 is 3.86 Å². The van der Waals surface area contributed by atoms with Crippen molar-refractivity contribution in [1.29, 1.82) is 0 Å². The molecule has 5 heteroatoms. The van der Waals surface area contributed by atoms with Crippen LogP contribution in [0, 0.1) is 0 Å². The van der Waals surface area contributed by atoms with Crippen LogP contribution in [-0.2, 0) is 9.47 Å². The molecule has 0 aliphatic carbocycles. The Kier molecular flexibility index (Phi) is 2.72. The highest BCUT2D eigenvalue weighted by Crippen LogP contribution is 2.20. The molecule has 1 aliphatic heterocycles. The van der Waals surface area contributed by atoms with Crippen LogP contribution in [0.3, 0.4) is 0 Å². The lowest BCUT2D eigenvalue weighted by molar-refractivity contribution is 0.0740. The minimum absolute atomic E-state index is 0.556. The topological polar surface area (TPSA) is 42.9 Å². The summed E-state index contributed by atoms with van der Waals surface area (Å²) in [7, 11) is 3.15. The molecule has 1 unspecified atom stereocenters. The zero-order valence-corrected chi connectivity index (χ0v) is 8.45. The fourth-order valence-corrected chi connectivity index (χ4v) is 1.06. The number of aliphatic imine (C=N–C) groups is 1. The largest absolute Gasteiger partial charge is 0.481 e. The molecule has 0 aromatic carbocycles. The number of alkyl halides is 1. The Morgan fingerprint density at radius 1 is 1.64 bits per heavy atom. The normalized spacial score (nSPS) is 29.2. The lowest BCUT2D eigenvalue weighted by atomic mass is 10.5. The van der Waals surface area contributed by atoms with Gasteiger partial charge < -0.3 is 14.8 Å². The third-order valence-electron chi connectivity index (χ3n) is 1.22. The second kappa shape index (κ2) is 3.40. The van der Waals surface area contributed by atoms with Crippen LogP contribution < -0.4 is 5.32 Å². The van der Waals surface area contributed by atoms with Gasteiger partial charge in [0, 0.05) is 42.0 Å². The fourth-order valence-electron chi connectivity index (χ4n) is 0.645. The average Bonchev–Trinajstić information content (AvgIpc) is 2.05. The van der Waals surface area contributed by atoms with Crippen LogP contribution in [0.5, 0.6) is 0 Å². The van der Waals surface area contributed by atoms with Crippen molar-refractivity contribution in [3.8, 4) is 0 Å². The van der Waals surface area contributed by atoms with Gasteiger partial charge in [0.25, 0.3) is 3.86 Å². The Bertz CT molecular complexity index is 205. The number of hydrogen-bond donors (Lipinski definition) is 1. The summed E-state index contributed by atoms with van der Waals surface area (Å²) >= 11 is 2.04. The highest BCUT2D eigenvalue weighted by Gasteiger charge is 2.25. The Balaban J connectivity index is 2.75. The predicted molar refractivity (Wildman–Crippen MR) is 50.5 cm³/mol. The maximum atomic E-state index is 5.07. The second-order valence-corrected chi connectivity index (χ2v) is 3.36. The number of hydrogen-bond acceptors (Lipinski definition) is 4. The van der Waals surface area contributed by atoms with Crippen molar-refractivity contribution < 1.29 is 9.47 Å². The Morgan fingerprint density at radius 2 is 2.36 bits per heavy atom. The highest BCUT2D eigenvalue weighted by molar-refractivity contribution is 14.1. The van der Waals surface area contributed by atoms with Gasteiger partial charge in [0.2, 0.25) is 5.90 Å². The van der Waals surface area contributed by atoms with E-state index in [0.717, 1.165) is 0 Å². The molecule has 1 rings (SSSR count). The number of ether oxygens (including phenoxy) is 2. The molecule has 0 bridgehead atoms. The molecule has 0 saturated heterocycles. The molecular formula is C6H9IN2O2. The molecule has 62 valence electrons. The molecule has 0 aromatic rings. The molecule has 4 nitrogen and oxygen atoms in total. The van der Waals surface area contributed by atoms with Crippen LogP contribution in [0.1, 0.15) is 0 Å². The molecule has 0 spiro atoms. The molecule has 0 aromatic heterocycles. The zero-order valence-electron chi connectivity index (χ0n) is 6.30. The van der Waals surface area contributed by atoms with Gasteiger partial charge in [0.15, 0.2) is 0 Å². The van der Waals surface area contributed by atoms with Gasteiger partial charge >= 0.3 is 0 Å². The molecule has 0 fully saturated rings. The third-order valence-corrected chi connectivity index (χ3v) is 2.21. The van der Waals surface area contributed by atoms with Crippen LogP contribution in [0.25, 0.3) is 0 Å². The van der Waals surface area contributed by atoms with Gasteiger partial charge in [0.05, 0.1) is 7.11 Å². The lowest BCUT2D eigenvalue weighted by Crippen LogP contribution is -2.38. The summed E-state index contributed by atoms with van der Waals surface area (Å²) in [4.78, 5) is 4.11. The van der Waals surface area contributed by atoms with E-state index >= 15 is 0 Å². The summed E-state index contributed by atoms with van der Waals surface area (Å²) in [5.41, 5.74) is 0. The van der Waals surface area contributed by atoms with Gasteiger partial charge in [-0.2, -0.15) is 4.99 Å². The van der Waals surface area contributed by atoms with Crippen molar-refractivity contribution in [2.45, 2.75) is 3.86 Å². The highest BCUT2D eigenvalue weighted by atomic mass is 127. The number of nitrogens with one attached hydrogen (secondary N) is 1. The summed E-state index contributed by atoms with van der Waals surface area (Å²) in [6.07, 6.45) is 3.47. The molecule has 0 radical (unpaired) electrons. The van der Waals surface area contributed by atoms with E-state index in [0.29, 0.717) is 5.90 Å². The van der Waals surface area contributed by atoms with Crippen LogP contribution in [-0.4, -0.2) is 24.0 Å². The number of rotatable bonds is 1. The van der Waals surface area contributed by atoms with Crippen LogP contribution in [0.2, 0.25) is 0 Å². The molecule has 1 N–H and O–H groups in total. The van der Waals surface area contributed by atoms with Gasteiger partial charge in [-0.3, -0.25) is 0 Å². The van der Waals surface area contributed by atoms with E-state index in [1.54, 1.807) is 26.5 Å². The van der Waals surface area contributed by atoms with E-state index in [4.69, 9.17) is 9.47 Å². The molecule has 1 atom stereocenters. The number of halogens is 1. The smallest absolute Gasteiger partial charge is 0.293 e. The minimum atomic E-state index is -0.710. The van der Waals surface area contributed by atoms with E-state index in [1.165, 1.54) is 0 Å². The summed E-state index contributed by atoms with van der Waals surface area (Å²) in [5.74, 6) is 0.556. The first-order valence-corrected chi connectivity index (χ1v) is 4.10. The molecule has 1 heterocycles. The maximum absolute atomic E-state index is 5.07. The average molecular weight is 268 g/mol. The quantitative estimate of drug-likeness (QED) is 0.435. The first kappa shape index (κ1) is 8.79. The van der Waals surface area contributed by atoms with Crippen LogP contribution in [0.15, 0.2) is 17.3 Å². The van der Waals surface area contributed by atoms with E-state index in [9.17, 15) is 0 Å². The summed E-state index contributed by atoms with van der Waals surface area (Å²) in [6.45, 7) is 0. The number of nitrogens with zero attached hydrogens (tertiary/aromatic N) is 1. The molecular weight excluding hydrogens is 259 g/mol. The van der Waals surface area contributed by atoms with E-state index in [-0.39, 0.29) is 0 Å². The van der Waals surface area contributed by atoms with Gasteiger partial charge in [-0.15, -0.1) is 0 Å². The maximum Gasteiger partial charge on any atom is 0.293 e. The van der Waals surface area contributed by atoms with Crippen molar-refractivity contribution in [3.05, 3.63) is 12.3 Å². The van der Waals surface area contributed by atoms with Crippen molar-refractivity contribution in [2.75, 3.05) is 14.2 Å². The SMILES string of the molecule is COC1=NC(I)(OC)NC=C1. The zero-order chi connectivity index (χ0) is 8.32. The first-order valence-electron chi connectivity index (χ1n) is 3.02. The van der Waals surface area contributed by atoms with Crippen LogP contribution >= 0.6 is 22.6 Å². The minimum Gasteiger partial charge on any atom is -0.481 e.